The van der Waals surface area contributed by atoms with E-state index in [0.717, 1.165) is 24.0 Å². The monoisotopic (exact) mass is 410 g/mol. The van der Waals surface area contributed by atoms with E-state index in [4.69, 9.17) is 0 Å². The van der Waals surface area contributed by atoms with Crippen LogP contribution in [0, 0.1) is 17.8 Å². The first-order chi connectivity index (χ1) is 13.8. The minimum absolute atomic E-state index is 0.0110. The highest BCUT2D eigenvalue weighted by atomic mass is 16.3. The van der Waals surface area contributed by atoms with Crippen LogP contribution in [-0.4, -0.2) is 5.11 Å². The molecule has 0 fully saturated rings. The minimum Gasteiger partial charge on any atom is -0.507 e. The van der Waals surface area contributed by atoms with Crippen LogP contribution in [0.2, 0.25) is 0 Å². The molecule has 168 valence electrons. The van der Waals surface area contributed by atoms with E-state index in [1.807, 2.05) is 0 Å². The van der Waals surface area contributed by atoms with Crippen LogP contribution < -0.4 is 0 Å². The Labute approximate surface area is 187 Å². The summed E-state index contributed by atoms with van der Waals surface area (Å²) in [6.07, 6.45) is 15.2. The van der Waals surface area contributed by atoms with E-state index < -0.39 is 0 Å². The fourth-order valence-corrected chi connectivity index (χ4v) is 3.52. The fraction of sp³-hybridized carbons (Fsp3) is 0.586. The Morgan fingerprint density at radius 2 is 1.30 bits per heavy atom. The lowest BCUT2D eigenvalue weighted by molar-refractivity contribution is 0.409. The molecule has 1 aliphatic carbocycles. The van der Waals surface area contributed by atoms with Gasteiger partial charge in [0.05, 0.1) is 0 Å². The van der Waals surface area contributed by atoms with Crippen molar-refractivity contribution in [3.8, 4) is 5.75 Å². The van der Waals surface area contributed by atoms with Gasteiger partial charge in [-0.3, -0.25) is 0 Å². The first kappa shape index (κ1) is 26.3. The maximum absolute atomic E-state index is 10.7. The molecule has 0 radical (unpaired) electrons. The summed E-state index contributed by atoms with van der Waals surface area (Å²) in [4.78, 5) is 0. The van der Waals surface area contributed by atoms with Crippen molar-refractivity contribution in [1.82, 2.24) is 0 Å². The third kappa shape index (κ3) is 8.17. The number of allylic oxidation sites excluding steroid dienone is 6. The van der Waals surface area contributed by atoms with Gasteiger partial charge in [0.2, 0.25) is 0 Å². The molecule has 0 saturated carbocycles. The van der Waals surface area contributed by atoms with Crippen LogP contribution in [0.5, 0.6) is 5.75 Å². The molecule has 0 saturated heterocycles. The van der Waals surface area contributed by atoms with Crippen molar-refractivity contribution in [3.63, 3.8) is 0 Å². The number of hydrogen-bond acceptors (Lipinski definition) is 1. The Balaban J connectivity index is 0.000000375. The molecule has 0 spiro atoms. The second kappa shape index (κ2) is 11.0. The second-order valence-corrected chi connectivity index (χ2v) is 11.0. The summed E-state index contributed by atoms with van der Waals surface area (Å²) in [6.45, 7) is 22.0. The molecule has 1 heteroatoms. The van der Waals surface area contributed by atoms with Crippen LogP contribution in [0.25, 0.3) is 0 Å². The number of hydrogen-bond donors (Lipinski definition) is 1. The summed E-state index contributed by atoms with van der Waals surface area (Å²) >= 11 is 0. The van der Waals surface area contributed by atoms with Crippen LogP contribution in [0.15, 0.2) is 48.6 Å². The Bertz CT molecular complexity index is 733. The molecule has 2 unspecified atom stereocenters. The number of aromatic hydroxyl groups is 1. The van der Waals surface area contributed by atoms with Gasteiger partial charge in [-0.25, -0.2) is 0 Å². The van der Waals surface area contributed by atoms with Gasteiger partial charge in [-0.05, 0) is 52.6 Å². The standard InChI is InChI=1S/C19H32O.C10H14/c1-9-19(7,8)16-12-14(10-13(2)3)11-15(17(16)20)18(4,5)6;1-9-5-3-4-6-10(2)8-7-9/h11-13,20H,9-10H2,1-8H3;3-10H,1-2H3/b;5-3-,6-4-,8-7-. The Morgan fingerprint density at radius 3 is 1.70 bits per heavy atom. The van der Waals surface area contributed by atoms with Crippen molar-refractivity contribution >= 4 is 0 Å². The highest BCUT2D eigenvalue weighted by molar-refractivity contribution is 5.50. The van der Waals surface area contributed by atoms with Gasteiger partial charge in [-0.2, -0.15) is 0 Å². The van der Waals surface area contributed by atoms with Crippen molar-refractivity contribution in [1.29, 1.82) is 0 Å². The topological polar surface area (TPSA) is 20.2 Å². The summed E-state index contributed by atoms with van der Waals surface area (Å²) in [7, 11) is 0. The molecule has 1 aromatic carbocycles. The van der Waals surface area contributed by atoms with Crippen LogP contribution in [0.3, 0.4) is 0 Å². The highest BCUT2D eigenvalue weighted by Crippen LogP contribution is 2.41. The van der Waals surface area contributed by atoms with Gasteiger partial charge in [0.1, 0.15) is 5.75 Å². The average Bonchev–Trinajstić information content (AvgIpc) is 2.62. The Hall–Kier alpha value is -1.76. The predicted octanol–water partition coefficient (Wildman–Crippen LogP) is 8.52. The summed E-state index contributed by atoms with van der Waals surface area (Å²) in [5.41, 5.74) is 3.50. The lowest BCUT2D eigenvalue weighted by atomic mass is 9.76. The first-order valence-electron chi connectivity index (χ1n) is 11.7. The van der Waals surface area contributed by atoms with Crippen molar-refractivity contribution in [3.05, 3.63) is 65.3 Å². The first-order valence-corrected chi connectivity index (χ1v) is 11.7. The third-order valence-electron chi connectivity index (χ3n) is 5.89. The quantitative estimate of drug-likeness (QED) is 0.493. The van der Waals surface area contributed by atoms with Crippen molar-refractivity contribution in [2.24, 2.45) is 17.8 Å². The molecule has 0 aromatic heterocycles. The molecule has 0 bridgehead atoms. The van der Waals surface area contributed by atoms with Crippen molar-refractivity contribution in [2.75, 3.05) is 0 Å². The lowest BCUT2D eigenvalue weighted by Gasteiger charge is -2.30. The molecule has 1 nitrogen and oxygen atoms in total. The van der Waals surface area contributed by atoms with Gasteiger partial charge in [0, 0.05) is 5.56 Å². The van der Waals surface area contributed by atoms with Gasteiger partial charge >= 0.3 is 0 Å². The minimum atomic E-state index is -0.0321. The number of phenols is 1. The molecule has 1 aliphatic rings. The zero-order valence-electron chi connectivity index (χ0n) is 21.2. The average molecular weight is 411 g/mol. The number of rotatable bonds is 4. The van der Waals surface area contributed by atoms with E-state index in [0.29, 0.717) is 23.5 Å². The Morgan fingerprint density at radius 1 is 0.833 bits per heavy atom. The normalized spacial score (nSPS) is 22.5. The van der Waals surface area contributed by atoms with E-state index in [9.17, 15) is 5.11 Å². The summed E-state index contributed by atoms with van der Waals surface area (Å²) in [5, 5.41) is 10.7. The highest BCUT2D eigenvalue weighted by Gasteiger charge is 2.28. The van der Waals surface area contributed by atoms with Crippen molar-refractivity contribution < 1.29 is 5.11 Å². The molecule has 1 aromatic rings. The van der Waals surface area contributed by atoms with Gasteiger partial charge in [-0.15, -0.1) is 0 Å². The fourth-order valence-electron chi connectivity index (χ4n) is 3.52. The SMILES string of the molecule is CC1/C=C\C=C/C(C)/C=C\1.CCC(C)(C)c1cc(CC(C)C)cc(C(C)(C)C)c1O. The van der Waals surface area contributed by atoms with Gasteiger partial charge in [-0.1, -0.05) is 118 Å². The largest absolute Gasteiger partial charge is 0.507 e. The Kier molecular flexibility index (Phi) is 9.66. The van der Waals surface area contributed by atoms with E-state index in [1.54, 1.807) is 0 Å². The molecule has 0 amide bonds. The lowest BCUT2D eigenvalue weighted by Crippen LogP contribution is -2.20. The van der Waals surface area contributed by atoms with Crippen LogP contribution in [-0.2, 0) is 17.3 Å². The van der Waals surface area contributed by atoms with Gasteiger partial charge in [0.25, 0.3) is 0 Å². The third-order valence-corrected chi connectivity index (χ3v) is 5.89. The summed E-state index contributed by atoms with van der Waals surface area (Å²) < 4.78 is 0. The maximum Gasteiger partial charge on any atom is 0.123 e. The smallest absolute Gasteiger partial charge is 0.123 e. The van der Waals surface area contributed by atoms with E-state index in [-0.39, 0.29) is 10.8 Å². The van der Waals surface area contributed by atoms with Crippen molar-refractivity contribution in [2.45, 2.75) is 92.9 Å². The zero-order chi connectivity index (χ0) is 23.1. The number of phenolic OH excluding ortho intramolecular Hbond substituents is 1. The van der Waals surface area contributed by atoms with Crippen LogP contribution in [0.4, 0.5) is 0 Å². The molecule has 0 heterocycles. The molecular weight excluding hydrogens is 364 g/mol. The maximum atomic E-state index is 10.7. The molecule has 1 N–H and O–H groups in total. The molecular formula is C29H46O. The molecule has 2 rings (SSSR count). The van der Waals surface area contributed by atoms with Crippen LogP contribution >= 0.6 is 0 Å². The van der Waals surface area contributed by atoms with E-state index >= 15 is 0 Å². The van der Waals surface area contributed by atoms with Gasteiger partial charge < -0.3 is 5.11 Å². The second-order valence-electron chi connectivity index (χ2n) is 11.0. The summed E-state index contributed by atoms with van der Waals surface area (Å²) in [5.74, 6) is 2.31. The molecule has 2 atom stereocenters. The predicted molar refractivity (Wildman–Crippen MR) is 134 cm³/mol. The zero-order valence-corrected chi connectivity index (χ0v) is 21.2. The van der Waals surface area contributed by atoms with Gasteiger partial charge in [0.15, 0.2) is 0 Å². The van der Waals surface area contributed by atoms with Crippen LogP contribution in [0.1, 0.15) is 92.3 Å². The van der Waals surface area contributed by atoms with E-state index in [1.165, 1.54) is 5.56 Å². The molecule has 30 heavy (non-hydrogen) atoms. The number of benzene rings is 1. The molecule has 0 aliphatic heterocycles. The summed E-state index contributed by atoms with van der Waals surface area (Å²) in [6, 6.07) is 4.42. The van der Waals surface area contributed by atoms with E-state index in [2.05, 4.69) is 118 Å².